The number of aromatic hydroxyl groups is 5. The molecule has 0 fully saturated rings. The van der Waals surface area contributed by atoms with E-state index in [1.54, 1.807) is 6.92 Å². The van der Waals surface area contributed by atoms with Crippen LogP contribution in [0.1, 0.15) is 74.3 Å². The Kier molecular flexibility index (Phi) is 6.03. The second kappa shape index (κ2) is 9.20. The van der Waals surface area contributed by atoms with Crippen LogP contribution in [0, 0.1) is 11.3 Å². The lowest BCUT2D eigenvalue weighted by Crippen LogP contribution is -2.56. The normalized spacial score (nSPS) is 27.8. The summed E-state index contributed by atoms with van der Waals surface area (Å²) in [6.45, 7) is 5.29. The van der Waals surface area contributed by atoms with Crippen molar-refractivity contribution in [2.24, 2.45) is 11.3 Å². The van der Waals surface area contributed by atoms with Gasteiger partial charge in [0.15, 0.2) is 11.6 Å². The lowest BCUT2D eigenvalue weighted by molar-refractivity contribution is 0.00166. The number of carbonyl (C=O) groups is 2. The summed E-state index contributed by atoms with van der Waals surface area (Å²) >= 11 is 0. The molecule has 6 unspecified atom stereocenters. The first kappa shape index (κ1) is 27.6. The number of Topliss-reactive ketones (excluding diaryl/α,β-unsaturated/α-hetero) is 2. The van der Waals surface area contributed by atoms with E-state index < -0.39 is 88.4 Å². The first-order chi connectivity index (χ1) is 19.8. The lowest BCUT2D eigenvalue weighted by atomic mass is 9.43. The molecule has 0 radical (unpaired) electrons. The van der Waals surface area contributed by atoms with Gasteiger partial charge in [-0.2, -0.15) is 0 Å². The average Bonchev–Trinajstić information content (AvgIpc) is 2.88. The van der Waals surface area contributed by atoms with Crippen molar-refractivity contribution >= 4 is 11.6 Å². The third kappa shape index (κ3) is 3.50. The Morgan fingerprint density at radius 1 is 0.881 bits per heavy atom. The van der Waals surface area contributed by atoms with Gasteiger partial charge in [0.25, 0.3) is 0 Å². The average molecular weight is 577 g/mol. The highest BCUT2D eigenvalue weighted by atomic mass is 16.4. The van der Waals surface area contributed by atoms with Crippen molar-refractivity contribution in [3.63, 3.8) is 0 Å². The SMILES string of the molecule is C=C1C(=O)c2c(O)cc(O)cc2C2C(=O)c3c(O)cc(O)c4c3C(C(CCO)C(O)C4C)C12Cc1cc(O)cc(=O)o1. The van der Waals surface area contributed by atoms with Crippen molar-refractivity contribution in [2.75, 3.05) is 6.61 Å². The zero-order valence-corrected chi connectivity index (χ0v) is 22.4. The van der Waals surface area contributed by atoms with E-state index in [0.717, 1.165) is 30.3 Å². The number of hydrogen-bond donors (Lipinski definition) is 7. The number of ketones is 2. The van der Waals surface area contributed by atoms with E-state index in [1.807, 2.05) is 0 Å². The molecule has 0 bridgehead atoms. The molecule has 2 aromatic carbocycles. The van der Waals surface area contributed by atoms with Crippen molar-refractivity contribution in [3.05, 3.63) is 86.5 Å². The topological polar surface area (TPSA) is 206 Å². The summed E-state index contributed by atoms with van der Waals surface area (Å²) in [5.74, 6) is -8.27. The van der Waals surface area contributed by atoms with Gasteiger partial charge < -0.3 is 40.2 Å². The summed E-state index contributed by atoms with van der Waals surface area (Å²) in [4.78, 5) is 41.0. The van der Waals surface area contributed by atoms with Crippen molar-refractivity contribution in [2.45, 2.75) is 43.6 Å². The van der Waals surface area contributed by atoms with Crippen LogP contribution in [0.15, 0.2) is 51.7 Å². The molecule has 0 spiro atoms. The predicted molar refractivity (Wildman–Crippen MR) is 145 cm³/mol. The molecule has 1 heterocycles. The minimum atomic E-state index is -1.78. The fourth-order valence-electron chi connectivity index (χ4n) is 7.85. The molecule has 7 N–H and O–H groups in total. The molecule has 0 amide bonds. The third-order valence-corrected chi connectivity index (χ3v) is 9.33. The summed E-state index contributed by atoms with van der Waals surface area (Å²) < 4.78 is 5.39. The molecule has 0 saturated carbocycles. The Bertz CT molecular complexity index is 1770. The minimum absolute atomic E-state index is 0.0300. The Balaban J connectivity index is 1.80. The maximum absolute atomic E-state index is 14.6. The Hall–Kier alpha value is -4.61. The minimum Gasteiger partial charge on any atom is -0.508 e. The van der Waals surface area contributed by atoms with Gasteiger partial charge in [-0.15, -0.1) is 0 Å². The molecule has 3 aliphatic rings. The molecular formula is C31H28O11. The Labute approximate surface area is 238 Å². The van der Waals surface area contributed by atoms with Crippen LogP contribution in [0.2, 0.25) is 0 Å². The lowest BCUT2D eigenvalue weighted by Gasteiger charge is -2.58. The third-order valence-electron chi connectivity index (χ3n) is 9.33. The number of benzene rings is 2. The second-order valence-corrected chi connectivity index (χ2v) is 11.4. The van der Waals surface area contributed by atoms with Crippen LogP contribution in [0.3, 0.4) is 0 Å². The molecule has 11 heteroatoms. The Morgan fingerprint density at radius 2 is 1.55 bits per heavy atom. The summed E-state index contributed by atoms with van der Waals surface area (Å²) in [5, 5.41) is 75.2. The van der Waals surface area contributed by atoms with E-state index in [1.165, 1.54) is 0 Å². The first-order valence-corrected chi connectivity index (χ1v) is 13.4. The number of fused-ring (bicyclic) bond motifs is 4. The number of phenolic OH excluding ortho intramolecular Hbond substituents is 4. The summed E-state index contributed by atoms with van der Waals surface area (Å²) in [6, 6.07) is 5.08. The number of aliphatic hydroxyl groups excluding tert-OH is 2. The molecule has 6 rings (SSSR count). The summed E-state index contributed by atoms with van der Waals surface area (Å²) in [6.07, 6.45) is -1.66. The van der Waals surface area contributed by atoms with Crippen LogP contribution >= 0.6 is 0 Å². The fraction of sp³-hybridized carbons (Fsp3) is 0.323. The van der Waals surface area contributed by atoms with E-state index in [9.17, 15) is 50.1 Å². The van der Waals surface area contributed by atoms with Gasteiger partial charge in [0.1, 0.15) is 34.5 Å². The van der Waals surface area contributed by atoms with E-state index >= 15 is 0 Å². The zero-order valence-electron chi connectivity index (χ0n) is 22.4. The molecule has 42 heavy (non-hydrogen) atoms. The number of allylic oxidation sites excluding steroid dienone is 1. The maximum atomic E-state index is 14.6. The summed E-state index contributed by atoms with van der Waals surface area (Å²) in [7, 11) is 0. The van der Waals surface area contributed by atoms with Gasteiger partial charge in [0.05, 0.1) is 29.2 Å². The van der Waals surface area contributed by atoms with Crippen LogP contribution in [0.4, 0.5) is 0 Å². The fourth-order valence-corrected chi connectivity index (χ4v) is 7.85. The number of phenols is 4. The number of carbonyl (C=O) groups excluding carboxylic acids is 2. The van der Waals surface area contributed by atoms with Gasteiger partial charge in [0.2, 0.25) is 0 Å². The smallest absolute Gasteiger partial charge is 0.339 e. The second-order valence-electron chi connectivity index (χ2n) is 11.4. The monoisotopic (exact) mass is 576 g/mol. The van der Waals surface area contributed by atoms with Crippen LogP contribution in [0.5, 0.6) is 28.7 Å². The van der Waals surface area contributed by atoms with Gasteiger partial charge in [-0.05, 0) is 29.5 Å². The van der Waals surface area contributed by atoms with Crippen molar-refractivity contribution < 1.29 is 49.8 Å². The molecular weight excluding hydrogens is 548 g/mol. The molecule has 11 nitrogen and oxygen atoms in total. The number of hydrogen-bond acceptors (Lipinski definition) is 11. The van der Waals surface area contributed by atoms with Gasteiger partial charge in [0, 0.05) is 59.6 Å². The van der Waals surface area contributed by atoms with E-state index in [-0.39, 0.29) is 51.3 Å². The van der Waals surface area contributed by atoms with Gasteiger partial charge in [-0.3, -0.25) is 9.59 Å². The maximum Gasteiger partial charge on any atom is 0.339 e. The number of aliphatic hydroxyl groups is 2. The van der Waals surface area contributed by atoms with Crippen LogP contribution in [0.25, 0.3) is 0 Å². The molecule has 218 valence electrons. The van der Waals surface area contributed by atoms with Crippen LogP contribution in [-0.4, -0.2) is 60.0 Å². The highest BCUT2D eigenvalue weighted by molar-refractivity contribution is 6.19. The standard InChI is InChI=1S/C31H28O11/c1-11-22-19(36)9-20(37)24-25(22)26(16(3-4-32)28(11)39)31(10-15-5-13(33)8-21(38)42-15)12(2)29(40)23-17(27(31)30(24)41)6-14(34)7-18(23)35/h5-9,11,16,26-28,32-37,39H,2-4,10H2,1H3. The van der Waals surface area contributed by atoms with Gasteiger partial charge in [-0.25, -0.2) is 4.79 Å². The quantitative estimate of drug-likeness (QED) is 0.225. The molecule has 6 atom stereocenters. The first-order valence-electron chi connectivity index (χ1n) is 13.4. The van der Waals surface area contributed by atoms with Crippen molar-refractivity contribution in [1.82, 2.24) is 0 Å². The largest absolute Gasteiger partial charge is 0.508 e. The van der Waals surface area contributed by atoms with Gasteiger partial charge >= 0.3 is 5.63 Å². The van der Waals surface area contributed by atoms with Crippen LogP contribution in [-0.2, 0) is 6.42 Å². The van der Waals surface area contributed by atoms with Crippen LogP contribution < -0.4 is 5.63 Å². The molecule has 3 aliphatic carbocycles. The Morgan fingerprint density at radius 3 is 2.21 bits per heavy atom. The van der Waals surface area contributed by atoms with Crippen molar-refractivity contribution in [1.29, 1.82) is 0 Å². The highest BCUT2D eigenvalue weighted by Crippen LogP contribution is 2.69. The van der Waals surface area contributed by atoms with Crippen molar-refractivity contribution in [3.8, 4) is 28.7 Å². The summed E-state index contributed by atoms with van der Waals surface area (Å²) in [5.41, 5.74) is -3.10. The van der Waals surface area contributed by atoms with E-state index in [0.29, 0.717) is 0 Å². The van der Waals surface area contributed by atoms with E-state index in [2.05, 4.69) is 6.58 Å². The zero-order chi connectivity index (χ0) is 30.4. The highest BCUT2D eigenvalue weighted by Gasteiger charge is 2.65. The predicted octanol–water partition coefficient (Wildman–Crippen LogP) is 2.69. The molecule has 1 aromatic heterocycles. The molecule has 3 aromatic rings. The molecule has 0 saturated heterocycles. The van der Waals surface area contributed by atoms with E-state index in [4.69, 9.17) is 4.42 Å². The van der Waals surface area contributed by atoms with Gasteiger partial charge in [-0.1, -0.05) is 13.5 Å². The molecule has 0 aliphatic heterocycles. The number of rotatable bonds is 4.